The molecule has 0 atom stereocenters. The Balaban J connectivity index is 0. The van der Waals surface area contributed by atoms with Crippen molar-refractivity contribution < 1.29 is 45.3 Å². The number of esters is 1. The van der Waals surface area contributed by atoms with E-state index >= 15 is 0 Å². The third-order valence-electron chi connectivity index (χ3n) is 1.52. The quantitative estimate of drug-likeness (QED) is 0.332. The van der Waals surface area contributed by atoms with E-state index < -0.39 is 10.5 Å². The Labute approximate surface area is 128 Å². The fourth-order valence-corrected chi connectivity index (χ4v) is 1.19. The van der Waals surface area contributed by atoms with Crippen LogP contribution in [0.2, 0.25) is 0 Å². The molecular formula is C10H11Cl2NaO3. The number of rotatable bonds is 4. The molecule has 1 aromatic rings. The zero-order valence-electron chi connectivity index (χ0n) is 10.1. The third kappa shape index (κ3) is 5.04. The Morgan fingerprint density at radius 2 is 1.94 bits per heavy atom. The molecule has 3 nitrogen and oxygen atoms in total. The summed E-state index contributed by atoms with van der Waals surface area (Å²) in [5.41, 5.74) is 0. The zero-order valence-corrected chi connectivity index (χ0v) is 12.6. The first kappa shape index (κ1) is 16.2. The number of hydrogen-bond donors (Lipinski definition) is 0. The summed E-state index contributed by atoms with van der Waals surface area (Å²) in [7, 11) is 0. The van der Waals surface area contributed by atoms with Crippen molar-refractivity contribution in [2.45, 2.75) is 11.4 Å². The molecule has 0 spiro atoms. The van der Waals surface area contributed by atoms with Crippen molar-refractivity contribution in [3.05, 3.63) is 30.3 Å². The summed E-state index contributed by atoms with van der Waals surface area (Å²) in [6.45, 7) is 1.90. The number of hydrogen-bond acceptors (Lipinski definition) is 3. The minimum atomic E-state index is -1.95. The van der Waals surface area contributed by atoms with Crippen LogP contribution in [0.25, 0.3) is 0 Å². The number of carbonyl (C=O) groups excluding carboxylic acids is 1. The second-order valence-electron chi connectivity index (χ2n) is 2.65. The monoisotopic (exact) mass is 272 g/mol. The van der Waals surface area contributed by atoms with Crippen LogP contribution in [0.4, 0.5) is 0 Å². The van der Waals surface area contributed by atoms with Crippen LogP contribution >= 0.6 is 23.2 Å². The van der Waals surface area contributed by atoms with Gasteiger partial charge in [0.15, 0.2) is 0 Å². The molecule has 84 valence electrons. The fourth-order valence-electron chi connectivity index (χ4n) is 0.895. The van der Waals surface area contributed by atoms with E-state index in [1.54, 1.807) is 37.3 Å². The minimum absolute atomic E-state index is 0. The van der Waals surface area contributed by atoms with Crippen molar-refractivity contribution in [3.8, 4) is 5.75 Å². The molecular weight excluding hydrogens is 262 g/mol. The summed E-state index contributed by atoms with van der Waals surface area (Å²) in [4.78, 5) is 11.4. The molecule has 0 saturated heterocycles. The van der Waals surface area contributed by atoms with Crippen LogP contribution in [0.1, 0.15) is 8.35 Å². The van der Waals surface area contributed by atoms with Crippen molar-refractivity contribution in [2.24, 2.45) is 0 Å². The number of halogens is 2. The molecule has 0 unspecified atom stereocenters. The van der Waals surface area contributed by atoms with Gasteiger partial charge in [-0.3, -0.25) is 0 Å². The van der Waals surface area contributed by atoms with E-state index in [0.717, 1.165) is 0 Å². The van der Waals surface area contributed by atoms with E-state index in [4.69, 9.17) is 32.7 Å². The molecule has 16 heavy (non-hydrogen) atoms. The molecule has 0 aliphatic heterocycles. The summed E-state index contributed by atoms with van der Waals surface area (Å²) in [6, 6.07) is 8.50. The molecule has 0 aromatic heterocycles. The Bertz CT molecular complexity index is 336. The van der Waals surface area contributed by atoms with Gasteiger partial charge in [0.1, 0.15) is 5.75 Å². The minimum Gasteiger partial charge on any atom is -1.00 e. The van der Waals surface area contributed by atoms with Gasteiger partial charge in [0.05, 0.1) is 0 Å². The summed E-state index contributed by atoms with van der Waals surface area (Å²) in [5.74, 6) is -0.480. The van der Waals surface area contributed by atoms with E-state index in [9.17, 15) is 4.79 Å². The smallest absolute Gasteiger partial charge is 1.00 e. The second-order valence-corrected chi connectivity index (χ2v) is 3.91. The second kappa shape index (κ2) is 7.54. The van der Waals surface area contributed by atoms with Gasteiger partial charge in [0.2, 0.25) is 0 Å². The van der Waals surface area contributed by atoms with Crippen molar-refractivity contribution in [1.29, 1.82) is 0 Å². The van der Waals surface area contributed by atoms with Gasteiger partial charge in [-0.2, -0.15) is 0 Å². The molecule has 0 amide bonds. The molecule has 0 aliphatic carbocycles. The van der Waals surface area contributed by atoms with E-state index in [1.165, 1.54) is 0 Å². The summed E-state index contributed by atoms with van der Waals surface area (Å²) in [5, 5.41) is 0. The maximum Gasteiger partial charge on any atom is 1.00 e. The Morgan fingerprint density at radius 1 is 1.38 bits per heavy atom. The van der Waals surface area contributed by atoms with Crippen LogP contribution in [0, 0.1) is 0 Å². The predicted molar refractivity (Wildman–Crippen MR) is 59.3 cm³/mol. The van der Waals surface area contributed by atoms with Crippen LogP contribution in [0.15, 0.2) is 30.3 Å². The predicted octanol–water partition coefficient (Wildman–Crippen LogP) is -0.124. The molecule has 0 saturated carbocycles. The van der Waals surface area contributed by atoms with E-state index in [1.807, 2.05) is 0 Å². The van der Waals surface area contributed by atoms with Gasteiger partial charge >= 0.3 is 40.0 Å². The molecule has 0 fully saturated rings. The van der Waals surface area contributed by atoms with Crippen molar-refractivity contribution >= 4 is 29.2 Å². The Morgan fingerprint density at radius 3 is 2.44 bits per heavy atom. The van der Waals surface area contributed by atoms with E-state index in [2.05, 4.69) is 0 Å². The van der Waals surface area contributed by atoms with Gasteiger partial charge in [-0.05, 0) is 19.1 Å². The topological polar surface area (TPSA) is 35.5 Å². The molecule has 0 bridgehead atoms. The summed E-state index contributed by atoms with van der Waals surface area (Å²) >= 11 is 11.2. The molecule has 0 radical (unpaired) electrons. The van der Waals surface area contributed by atoms with Gasteiger partial charge in [-0.25, -0.2) is 4.79 Å². The van der Waals surface area contributed by atoms with Crippen LogP contribution in [0.5, 0.6) is 5.75 Å². The van der Waals surface area contributed by atoms with Gasteiger partial charge in [-0.1, -0.05) is 41.4 Å². The van der Waals surface area contributed by atoms with Gasteiger partial charge < -0.3 is 10.9 Å². The van der Waals surface area contributed by atoms with Crippen LogP contribution in [0.3, 0.4) is 0 Å². The Kier molecular flexibility index (Phi) is 7.64. The molecule has 1 rings (SSSR count). The van der Waals surface area contributed by atoms with Crippen molar-refractivity contribution in [3.63, 3.8) is 0 Å². The van der Waals surface area contributed by atoms with E-state index in [0.29, 0.717) is 5.75 Å². The normalized spacial score (nSPS) is 10.4. The Hall–Kier alpha value is 0.230. The first-order valence-corrected chi connectivity index (χ1v) is 5.11. The zero-order chi connectivity index (χ0) is 11.3. The third-order valence-corrected chi connectivity index (χ3v) is 2.04. The van der Waals surface area contributed by atoms with Crippen molar-refractivity contribution in [2.75, 3.05) is 6.61 Å². The molecule has 0 aliphatic rings. The maximum atomic E-state index is 11.4. The van der Waals surface area contributed by atoms with Gasteiger partial charge in [-0.15, -0.1) is 0 Å². The van der Waals surface area contributed by atoms with E-state index in [-0.39, 0.29) is 37.6 Å². The summed E-state index contributed by atoms with van der Waals surface area (Å²) < 4.78 is 7.77. The number of ether oxygens (including phenoxy) is 2. The molecule has 0 heterocycles. The maximum absolute atomic E-state index is 11.4. The average Bonchev–Trinajstić information content (AvgIpc) is 2.19. The van der Waals surface area contributed by atoms with Crippen LogP contribution in [-0.2, 0) is 9.53 Å². The number of carbonyl (C=O) groups is 1. The standard InChI is InChI=1S/C10H10Cl2O3.Na.H/c1-2-14-10(11,12)9(13)15-8-6-4-3-5-7-8;;/h3-7H,2H2,1H3;;/q;+1;-1. The molecule has 6 heteroatoms. The van der Waals surface area contributed by atoms with Crippen molar-refractivity contribution in [1.82, 2.24) is 0 Å². The molecule has 1 aromatic carbocycles. The summed E-state index contributed by atoms with van der Waals surface area (Å²) in [6.07, 6.45) is 0. The number of benzene rings is 1. The van der Waals surface area contributed by atoms with Crippen LogP contribution in [-0.4, -0.2) is 17.1 Å². The molecule has 0 N–H and O–H groups in total. The first-order valence-electron chi connectivity index (χ1n) is 4.35. The SMILES string of the molecule is CCOC(Cl)(Cl)C(=O)Oc1ccccc1.[H-].[Na+]. The number of alkyl halides is 2. The largest absolute Gasteiger partial charge is 1.00 e. The first-order chi connectivity index (χ1) is 7.06. The van der Waals surface area contributed by atoms with Crippen LogP contribution < -0.4 is 34.3 Å². The average molecular weight is 273 g/mol. The number of para-hydroxylation sites is 1. The fraction of sp³-hybridized carbons (Fsp3) is 0.300. The van der Waals surface area contributed by atoms with Gasteiger partial charge in [0, 0.05) is 6.61 Å². The van der Waals surface area contributed by atoms with Gasteiger partial charge in [0.25, 0.3) is 0 Å².